The number of aromatic nitrogens is 3. The number of nitrogens with zero attached hydrogens (tertiary/aromatic N) is 3. The number of amides is 1. The molecule has 0 saturated heterocycles. The molecule has 0 spiro atoms. The van der Waals surface area contributed by atoms with Crippen LogP contribution >= 0.6 is 22.7 Å². The SMILES string of the molecule is Cc1ccc(C)c(-c2csc(NC(=O)c3cc4c(C)nn(-c5ccccc5)c4s3)n2)c1. The predicted molar refractivity (Wildman–Crippen MR) is 129 cm³/mol. The second-order valence-electron chi connectivity index (χ2n) is 7.47. The van der Waals surface area contributed by atoms with Crippen LogP contribution in [0.5, 0.6) is 0 Å². The van der Waals surface area contributed by atoms with Crippen LogP contribution in [-0.2, 0) is 0 Å². The van der Waals surface area contributed by atoms with Gasteiger partial charge in [0.15, 0.2) is 5.13 Å². The number of anilines is 1. The molecule has 0 aliphatic rings. The van der Waals surface area contributed by atoms with Crippen LogP contribution in [0.2, 0.25) is 0 Å². The number of carbonyl (C=O) groups is 1. The normalized spacial score (nSPS) is 11.2. The lowest BCUT2D eigenvalue weighted by molar-refractivity contribution is 0.103. The van der Waals surface area contributed by atoms with Gasteiger partial charge in [-0.15, -0.1) is 22.7 Å². The summed E-state index contributed by atoms with van der Waals surface area (Å²) < 4.78 is 1.90. The van der Waals surface area contributed by atoms with Gasteiger partial charge in [-0.05, 0) is 50.6 Å². The van der Waals surface area contributed by atoms with Gasteiger partial charge in [0.2, 0.25) is 0 Å². The summed E-state index contributed by atoms with van der Waals surface area (Å²) in [6.07, 6.45) is 0. The van der Waals surface area contributed by atoms with E-state index in [1.807, 2.05) is 53.4 Å². The van der Waals surface area contributed by atoms with Gasteiger partial charge in [0, 0.05) is 16.3 Å². The van der Waals surface area contributed by atoms with Gasteiger partial charge in [-0.3, -0.25) is 10.1 Å². The molecule has 0 radical (unpaired) electrons. The Balaban J connectivity index is 1.43. The van der Waals surface area contributed by atoms with Gasteiger partial charge in [-0.25, -0.2) is 9.67 Å². The molecule has 5 aromatic rings. The molecule has 5 rings (SSSR count). The Hall–Kier alpha value is -3.29. The van der Waals surface area contributed by atoms with Crippen molar-refractivity contribution in [3.8, 4) is 16.9 Å². The van der Waals surface area contributed by atoms with Crippen molar-refractivity contribution in [3.63, 3.8) is 0 Å². The third-order valence-electron chi connectivity index (χ3n) is 5.16. The maximum absolute atomic E-state index is 12.9. The summed E-state index contributed by atoms with van der Waals surface area (Å²) in [6.45, 7) is 6.10. The van der Waals surface area contributed by atoms with Crippen LogP contribution in [0.25, 0.3) is 27.2 Å². The number of carbonyl (C=O) groups excluding carboxylic acids is 1. The summed E-state index contributed by atoms with van der Waals surface area (Å²) in [4.78, 5) is 19.2. The quantitative estimate of drug-likeness (QED) is 0.349. The van der Waals surface area contributed by atoms with Gasteiger partial charge < -0.3 is 0 Å². The molecular formula is C24H20N4OS2. The van der Waals surface area contributed by atoms with Crippen molar-refractivity contribution < 1.29 is 4.79 Å². The van der Waals surface area contributed by atoms with Gasteiger partial charge in [-0.2, -0.15) is 5.10 Å². The van der Waals surface area contributed by atoms with Gasteiger partial charge in [0.05, 0.1) is 22.0 Å². The standard InChI is InChI=1S/C24H20N4OS2/c1-14-9-10-15(2)18(11-14)20-13-30-24(25-20)26-22(29)21-12-19-16(3)27-28(23(19)31-21)17-7-5-4-6-8-17/h4-13H,1-3H3,(H,25,26,29). The monoisotopic (exact) mass is 444 g/mol. The minimum atomic E-state index is -0.151. The Labute approximate surface area is 188 Å². The molecule has 0 unspecified atom stereocenters. The molecule has 1 N–H and O–H groups in total. The molecule has 0 aliphatic carbocycles. The molecule has 0 aliphatic heterocycles. The molecule has 5 nitrogen and oxygen atoms in total. The number of hydrogen-bond acceptors (Lipinski definition) is 5. The fraction of sp³-hybridized carbons (Fsp3) is 0.125. The average Bonchev–Trinajstić information content (AvgIpc) is 3.47. The Morgan fingerprint density at radius 1 is 1.03 bits per heavy atom. The highest BCUT2D eigenvalue weighted by molar-refractivity contribution is 7.20. The second-order valence-corrected chi connectivity index (χ2v) is 9.36. The Kier molecular flexibility index (Phi) is 4.92. The van der Waals surface area contributed by atoms with E-state index in [1.54, 1.807) is 0 Å². The Bertz CT molecular complexity index is 1410. The van der Waals surface area contributed by atoms with Crippen molar-refractivity contribution in [2.45, 2.75) is 20.8 Å². The molecule has 7 heteroatoms. The van der Waals surface area contributed by atoms with Crippen molar-refractivity contribution in [2.24, 2.45) is 0 Å². The van der Waals surface area contributed by atoms with Crippen LogP contribution in [0, 0.1) is 20.8 Å². The summed E-state index contributed by atoms with van der Waals surface area (Å²) in [5.41, 5.74) is 6.21. The average molecular weight is 445 g/mol. The van der Waals surface area contributed by atoms with E-state index < -0.39 is 0 Å². The van der Waals surface area contributed by atoms with Crippen molar-refractivity contribution in [1.82, 2.24) is 14.8 Å². The first-order valence-corrected chi connectivity index (χ1v) is 11.6. The molecule has 31 heavy (non-hydrogen) atoms. The van der Waals surface area contributed by atoms with Crippen molar-refractivity contribution >= 4 is 43.9 Å². The molecule has 0 saturated carbocycles. The van der Waals surface area contributed by atoms with Crippen molar-refractivity contribution in [1.29, 1.82) is 0 Å². The number of rotatable bonds is 4. The molecular weight excluding hydrogens is 424 g/mol. The van der Waals surface area contributed by atoms with Gasteiger partial charge in [0.1, 0.15) is 4.83 Å². The van der Waals surface area contributed by atoms with Crippen LogP contribution in [0.3, 0.4) is 0 Å². The highest BCUT2D eigenvalue weighted by Gasteiger charge is 2.18. The lowest BCUT2D eigenvalue weighted by Crippen LogP contribution is -2.09. The van der Waals surface area contributed by atoms with Gasteiger partial charge in [0.25, 0.3) is 5.91 Å². The number of fused-ring (bicyclic) bond motifs is 1. The van der Waals surface area contributed by atoms with Crippen molar-refractivity contribution in [3.05, 3.63) is 81.7 Å². The zero-order valence-electron chi connectivity index (χ0n) is 17.3. The lowest BCUT2D eigenvalue weighted by atomic mass is 10.0. The van der Waals surface area contributed by atoms with E-state index in [9.17, 15) is 4.79 Å². The first kappa shape index (κ1) is 19.7. The predicted octanol–water partition coefficient (Wildman–Crippen LogP) is 6.39. The van der Waals surface area contributed by atoms with E-state index in [4.69, 9.17) is 0 Å². The molecule has 2 aromatic carbocycles. The fourth-order valence-corrected chi connectivity index (χ4v) is 5.31. The first-order chi connectivity index (χ1) is 15.0. The van der Waals surface area contributed by atoms with Gasteiger partial charge >= 0.3 is 0 Å². The fourth-order valence-electron chi connectivity index (χ4n) is 3.53. The highest BCUT2D eigenvalue weighted by atomic mass is 32.1. The summed E-state index contributed by atoms with van der Waals surface area (Å²) in [5, 5.41) is 11.2. The van der Waals surface area contributed by atoms with Crippen LogP contribution in [-0.4, -0.2) is 20.7 Å². The molecule has 1 amide bonds. The van der Waals surface area contributed by atoms with E-state index in [0.717, 1.165) is 32.9 Å². The molecule has 3 aromatic heterocycles. The lowest BCUT2D eigenvalue weighted by Gasteiger charge is -2.04. The minimum absolute atomic E-state index is 0.151. The minimum Gasteiger partial charge on any atom is -0.297 e. The van der Waals surface area contributed by atoms with E-state index in [-0.39, 0.29) is 5.91 Å². The van der Waals surface area contributed by atoms with E-state index >= 15 is 0 Å². The van der Waals surface area contributed by atoms with E-state index in [0.29, 0.717) is 10.0 Å². The smallest absolute Gasteiger partial charge is 0.267 e. The number of aryl methyl sites for hydroxylation is 3. The second kappa shape index (κ2) is 7.76. The van der Waals surface area contributed by atoms with E-state index in [2.05, 4.69) is 47.4 Å². The zero-order valence-corrected chi connectivity index (χ0v) is 19.0. The number of thiophene rings is 1. The Morgan fingerprint density at radius 3 is 2.65 bits per heavy atom. The summed E-state index contributed by atoms with van der Waals surface area (Å²) in [5.74, 6) is -0.151. The summed E-state index contributed by atoms with van der Waals surface area (Å²) >= 11 is 2.88. The maximum Gasteiger partial charge on any atom is 0.267 e. The largest absolute Gasteiger partial charge is 0.297 e. The molecule has 0 atom stereocenters. The first-order valence-electron chi connectivity index (χ1n) is 9.88. The number of benzene rings is 2. The van der Waals surface area contributed by atoms with Gasteiger partial charge in [-0.1, -0.05) is 35.9 Å². The third-order valence-corrected chi connectivity index (χ3v) is 7.03. The number of nitrogens with one attached hydrogen (secondary N) is 1. The molecule has 3 heterocycles. The van der Waals surface area contributed by atoms with Crippen LogP contribution in [0.1, 0.15) is 26.5 Å². The van der Waals surface area contributed by atoms with Crippen LogP contribution in [0.15, 0.2) is 60.0 Å². The zero-order chi connectivity index (χ0) is 21.5. The summed E-state index contributed by atoms with van der Waals surface area (Å²) in [7, 11) is 0. The maximum atomic E-state index is 12.9. The van der Waals surface area contributed by atoms with Crippen LogP contribution < -0.4 is 5.32 Å². The number of hydrogen-bond donors (Lipinski definition) is 1. The van der Waals surface area contributed by atoms with Crippen LogP contribution in [0.4, 0.5) is 5.13 Å². The van der Waals surface area contributed by atoms with Crippen molar-refractivity contribution in [2.75, 3.05) is 5.32 Å². The number of thiazole rings is 1. The summed E-state index contributed by atoms with van der Waals surface area (Å²) in [6, 6.07) is 18.2. The Morgan fingerprint density at radius 2 is 1.84 bits per heavy atom. The topological polar surface area (TPSA) is 59.8 Å². The van der Waals surface area contributed by atoms with E-state index in [1.165, 1.54) is 33.8 Å². The highest BCUT2D eigenvalue weighted by Crippen LogP contribution is 2.32. The number of para-hydroxylation sites is 1. The molecule has 0 bridgehead atoms. The third kappa shape index (κ3) is 3.66. The molecule has 154 valence electrons. The molecule has 0 fully saturated rings.